The summed E-state index contributed by atoms with van der Waals surface area (Å²) >= 11 is 1.55. The summed E-state index contributed by atoms with van der Waals surface area (Å²) in [6.07, 6.45) is 2.67. The number of nitrogens with two attached hydrogens (primary N) is 1. The molecule has 0 radical (unpaired) electrons. The molecule has 0 aliphatic rings. The van der Waals surface area contributed by atoms with Gasteiger partial charge in [-0.25, -0.2) is 4.98 Å². The van der Waals surface area contributed by atoms with Crippen LogP contribution in [0.1, 0.15) is 30.1 Å². The maximum absolute atomic E-state index is 6.18. The topological polar surface area (TPSA) is 80.5 Å². The van der Waals surface area contributed by atoms with Gasteiger partial charge in [0.1, 0.15) is 5.82 Å². The summed E-state index contributed by atoms with van der Waals surface area (Å²) < 4.78 is 0. The van der Waals surface area contributed by atoms with Crippen LogP contribution in [0.25, 0.3) is 0 Å². The van der Waals surface area contributed by atoms with Crippen LogP contribution in [-0.2, 0) is 0 Å². The van der Waals surface area contributed by atoms with Crippen LogP contribution in [0.3, 0.4) is 0 Å². The molecule has 0 fully saturated rings. The second-order valence-electron chi connectivity index (χ2n) is 4.07. The monoisotopic (exact) mass is 263 g/mol. The molecule has 2 unspecified atom stereocenters. The van der Waals surface area contributed by atoms with E-state index in [-0.39, 0.29) is 11.3 Å². The Balaban J connectivity index is 2.21. The minimum absolute atomic E-state index is 0.0312. The molecule has 5 nitrogen and oxygen atoms in total. The summed E-state index contributed by atoms with van der Waals surface area (Å²) in [5, 5.41) is 7.77. The van der Waals surface area contributed by atoms with Crippen LogP contribution >= 0.6 is 11.8 Å². The molecular weight excluding hydrogens is 246 g/mol. The van der Waals surface area contributed by atoms with E-state index in [4.69, 9.17) is 5.73 Å². The quantitative estimate of drug-likeness (QED) is 0.807. The van der Waals surface area contributed by atoms with Gasteiger partial charge in [0.25, 0.3) is 0 Å². The van der Waals surface area contributed by atoms with Crippen LogP contribution in [0.2, 0.25) is 0 Å². The molecule has 0 bridgehead atoms. The van der Waals surface area contributed by atoms with Crippen LogP contribution < -0.4 is 5.73 Å². The molecule has 96 valence electrons. The number of thioether (sulfide) groups is 1. The van der Waals surface area contributed by atoms with Crippen molar-refractivity contribution in [3.8, 4) is 0 Å². The number of aromatic amines is 1. The minimum atomic E-state index is 0.0312. The smallest absolute Gasteiger partial charge is 0.209 e. The third-order valence-corrected chi connectivity index (χ3v) is 3.89. The third kappa shape index (κ3) is 3.08. The summed E-state index contributed by atoms with van der Waals surface area (Å²) in [6.45, 7) is 3.96. The Labute approximate surface area is 111 Å². The first kappa shape index (κ1) is 13.0. The number of aromatic nitrogens is 4. The van der Waals surface area contributed by atoms with Crippen molar-refractivity contribution in [3.05, 3.63) is 35.9 Å². The maximum atomic E-state index is 6.18. The highest BCUT2D eigenvalue weighted by Gasteiger charge is 2.22. The van der Waals surface area contributed by atoms with Crippen LogP contribution in [0.15, 0.2) is 29.6 Å². The molecule has 2 aromatic rings. The fourth-order valence-corrected chi connectivity index (χ4v) is 2.76. The van der Waals surface area contributed by atoms with Gasteiger partial charge in [0.15, 0.2) is 0 Å². The Morgan fingerprint density at radius 1 is 1.44 bits per heavy atom. The van der Waals surface area contributed by atoms with Gasteiger partial charge in [-0.3, -0.25) is 10.1 Å². The van der Waals surface area contributed by atoms with Gasteiger partial charge < -0.3 is 5.73 Å². The molecular formula is C12H17N5S. The van der Waals surface area contributed by atoms with Crippen molar-refractivity contribution in [2.45, 2.75) is 36.7 Å². The molecule has 3 N–H and O–H groups in total. The number of rotatable bonds is 5. The zero-order valence-electron chi connectivity index (χ0n) is 10.5. The predicted molar refractivity (Wildman–Crippen MR) is 72.2 cm³/mol. The molecule has 2 rings (SSSR count). The highest BCUT2D eigenvalue weighted by Crippen LogP contribution is 2.35. The Morgan fingerprint density at radius 2 is 2.28 bits per heavy atom. The molecule has 6 heteroatoms. The Kier molecular flexibility index (Phi) is 4.33. The maximum Gasteiger partial charge on any atom is 0.209 e. The normalized spacial score (nSPS) is 14.4. The zero-order valence-corrected chi connectivity index (χ0v) is 11.3. The molecule has 0 aliphatic heterocycles. The molecule has 0 saturated heterocycles. The number of aryl methyl sites for hydroxylation is 1. The van der Waals surface area contributed by atoms with E-state index in [1.165, 1.54) is 0 Å². The van der Waals surface area contributed by atoms with Crippen molar-refractivity contribution in [1.29, 1.82) is 0 Å². The largest absolute Gasteiger partial charge is 0.326 e. The van der Waals surface area contributed by atoms with Crippen molar-refractivity contribution < 1.29 is 0 Å². The lowest BCUT2D eigenvalue weighted by Gasteiger charge is -2.20. The van der Waals surface area contributed by atoms with Gasteiger partial charge in [-0.2, -0.15) is 0 Å². The first-order valence-electron chi connectivity index (χ1n) is 5.93. The highest BCUT2D eigenvalue weighted by atomic mass is 32.2. The number of nitrogens with zero attached hydrogens (tertiary/aromatic N) is 3. The summed E-state index contributed by atoms with van der Waals surface area (Å²) in [4.78, 5) is 8.69. The average molecular weight is 263 g/mol. The fraction of sp³-hybridized carbons (Fsp3) is 0.417. The number of hydrogen-bond acceptors (Lipinski definition) is 5. The summed E-state index contributed by atoms with van der Waals surface area (Å²) in [5.41, 5.74) is 7.15. The van der Waals surface area contributed by atoms with Crippen molar-refractivity contribution in [2.75, 3.05) is 0 Å². The Bertz CT molecular complexity index is 484. The first-order chi connectivity index (χ1) is 8.70. The fourth-order valence-electron chi connectivity index (χ4n) is 1.61. The third-order valence-electron chi connectivity index (χ3n) is 2.65. The first-order valence-corrected chi connectivity index (χ1v) is 6.81. The zero-order chi connectivity index (χ0) is 13.0. The molecule has 0 spiro atoms. The van der Waals surface area contributed by atoms with Crippen LogP contribution in [0, 0.1) is 6.92 Å². The van der Waals surface area contributed by atoms with E-state index >= 15 is 0 Å². The van der Waals surface area contributed by atoms with Gasteiger partial charge in [-0.15, -0.1) is 5.10 Å². The molecule has 18 heavy (non-hydrogen) atoms. The van der Waals surface area contributed by atoms with Crippen molar-refractivity contribution >= 4 is 11.8 Å². The van der Waals surface area contributed by atoms with Crippen LogP contribution in [0.4, 0.5) is 0 Å². The molecule has 2 aromatic heterocycles. The van der Waals surface area contributed by atoms with E-state index in [1.54, 1.807) is 18.0 Å². The molecule has 0 saturated carbocycles. The molecule has 2 heterocycles. The highest BCUT2D eigenvalue weighted by molar-refractivity contribution is 7.99. The SMILES string of the molecule is CCC(N)C(Sc1n[nH]c(C)n1)c1ccccn1. The van der Waals surface area contributed by atoms with Crippen molar-refractivity contribution in [2.24, 2.45) is 5.73 Å². The molecule has 0 aromatic carbocycles. The average Bonchev–Trinajstić information content (AvgIpc) is 2.82. The number of H-pyrrole nitrogens is 1. The summed E-state index contributed by atoms with van der Waals surface area (Å²) in [7, 11) is 0. The van der Waals surface area contributed by atoms with E-state index in [1.807, 2.05) is 25.1 Å². The predicted octanol–water partition coefficient (Wildman–Crippen LogP) is 2.08. The van der Waals surface area contributed by atoms with Gasteiger partial charge in [0.05, 0.1) is 10.9 Å². The standard InChI is InChI=1S/C12H17N5S/c1-3-9(13)11(10-6-4-5-7-14-10)18-12-15-8(2)16-17-12/h4-7,9,11H,3,13H2,1-2H3,(H,15,16,17). The van der Waals surface area contributed by atoms with Crippen molar-refractivity contribution in [1.82, 2.24) is 20.2 Å². The van der Waals surface area contributed by atoms with Gasteiger partial charge in [0, 0.05) is 12.2 Å². The van der Waals surface area contributed by atoms with E-state index < -0.39 is 0 Å². The number of hydrogen-bond donors (Lipinski definition) is 2. The van der Waals surface area contributed by atoms with E-state index in [0.29, 0.717) is 5.16 Å². The number of pyridine rings is 1. The molecule has 0 aliphatic carbocycles. The lowest BCUT2D eigenvalue weighted by atomic mass is 10.1. The van der Waals surface area contributed by atoms with E-state index in [2.05, 4.69) is 27.1 Å². The van der Waals surface area contributed by atoms with Crippen LogP contribution in [-0.4, -0.2) is 26.2 Å². The lowest BCUT2D eigenvalue weighted by molar-refractivity contribution is 0.623. The number of nitrogens with one attached hydrogen (secondary N) is 1. The Hall–Kier alpha value is -1.40. The minimum Gasteiger partial charge on any atom is -0.326 e. The van der Waals surface area contributed by atoms with E-state index in [9.17, 15) is 0 Å². The van der Waals surface area contributed by atoms with Gasteiger partial charge in [0.2, 0.25) is 5.16 Å². The van der Waals surface area contributed by atoms with Gasteiger partial charge in [-0.05, 0) is 25.5 Å². The lowest BCUT2D eigenvalue weighted by Crippen LogP contribution is -2.26. The molecule has 2 atom stereocenters. The van der Waals surface area contributed by atoms with Gasteiger partial charge in [-0.1, -0.05) is 24.8 Å². The van der Waals surface area contributed by atoms with E-state index in [0.717, 1.165) is 17.9 Å². The second kappa shape index (κ2) is 5.97. The molecule has 0 amide bonds. The summed E-state index contributed by atoms with van der Waals surface area (Å²) in [6, 6.07) is 5.90. The van der Waals surface area contributed by atoms with Gasteiger partial charge >= 0.3 is 0 Å². The van der Waals surface area contributed by atoms with Crippen molar-refractivity contribution in [3.63, 3.8) is 0 Å². The summed E-state index contributed by atoms with van der Waals surface area (Å²) in [5.74, 6) is 0.808. The Morgan fingerprint density at radius 3 is 2.83 bits per heavy atom. The second-order valence-corrected chi connectivity index (χ2v) is 5.18. The van der Waals surface area contributed by atoms with Crippen LogP contribution in [0.5, 0.6) is 0 Å².